The van der Waals surface area contributed by atoms with E-state index in [0.29, 0.717) is 17.7 Å². The maximum atomic E-state index is 14.3. The monoisotopic (exact) mass is 368 g/mol. The molecule has 7 nitrogen and oxygen atoms in total. The summed E-state index contributed by atoms with van der Waals surface area (Å²) in [6, 6.07) is 7.36. The summed E-state index contributed by atoms with van der Waals surface area (Å²) in [4.78, 5) is 28.7. The molecule has 27 heavy (non-hydrogen) atoms. The van der Waals surface area contributed by atoms with Crippen LogP contribution in [0.4, 0.5) is 10.1 Å². The molecule has 1 atom stereocenters. The molecule has 0 saturated carbocycles. The van der Waals surface area contributed by atoms with Gasteiger partial charge < -0.3 is 21.5 Å². The van der Waals surface area contributed by atoms with Gasteiger partial charge in [0.1, 0.15) is 5.69 Å². The number of aliphatic hydroxyl groups is 1. The maximum Gasteiger partial charge on any atom is 0.269 e. The fourth-order valence-corrected chi connectivity index (χ4v) is 2.79. The number of carbonyl (C=O) groups is 2. The number of benzene rings is 1. The van der Waals surface area contributed by atoms with Crippen LogP contribution < -0.4 is 11.5 Å². The van der Waals surface area contributed by atoms with Crippen LogP contribution in [-0.4, -0.2) is 46.0 Å². The quantitative estimate of drug-likeness (QED) is 0.667. The van der Waals surface area contributed by atoms with Gasteiger partial charge in [0.15, 0.2) is 11.5 Å². The predicted octanol–water partition coefficient (Wildman–Crippen LogP) is 0.513. The van der Waals surface area contributed by atoms with Crippen molar-refractivity contribution >= 4 is 17.5 Å². The van der Waals surface area contributed by atoms with Crippen molar-refractivity contribution in [1.29, 1.82) is 0 Å². The molecule has 2 aromatic rings. The number of hydrogen-bond acceptors (Lipinski definition) is 5. The minimum atomic E-state index is -1.73. The topological polar surface area (TPSA) is 123 Å². The summed E-state index contributed by atoms with van der Waals surface area (Å²) in [7, 11) is 1.59. The van der Waals surface area contributed by atoms with E-state index in [1.807, 2.05) is 0 Å². The molecule has 1 aromatic carbocycles. The van der Waals surface area contributed by atoms with Gasteiger partial charge in [-0.05, 0) is 12.1 Å². The number of likely N-dealkylation sites (N-methyl/N-ethyl adjacent to an activating group) is 1. The van der Waals surface area contributed by atoms with Crippen LogP contribution in [0, 0.1) is 17.7 Å². The van der Waals surface area contributed by atoms with Gasteiger partial charge in [0.2, 0.25) is 5.60 Å². The molecule has 1 aromatic heterocycles. The Kier molecular flexibility index (Phi) is 4.56. The van der Waals surface area contributed by atoms with Crippen molar-refractivity contribution in [3.05, 3.63) is 47.4 Å². The molecule has 1 fully saturated rings. The Balaban J connectivity index is 1.99. The highest BCUT2D eigenvalue weighted by molar-refractivity contribution is 5.96. The fourth-order valence-electron chi connectivity index (χ4n) is 2.79. The van der Waals surface area contributed by atoms with Crippen LogP contribution in [-0.2, 0) is 4.79 Å². The SMILES string of the molecule is CN1CC[C@@](O)(C#Cc2cccc(-c3nc(C(N)=O)c(N)cc3F)c2)C1=O. The molecule has 5 N–H and O–H groups in total. The first-order valence-corrected chi connectivity index (χ1v) is 8.08. The summed E-state index contributed by atoms with van der Waals surface area (Å²) in [5.74, 6) is 3.30. The van der Waals surface area contributed by atoms with Gasteiger partial charge in [-0.15, -0.1) is 0 Å². The smallest absolute Gasteiger partial charge is 0.269 e. The van der Waals surface area contributed by atoms with E-state index in [-0.39, 0.29) is 23.5 Å². The number of amides is 2. The molecule has 8 heteroatoms. The number of nitrogens with two attached hydrogens (primary N) is 2. The first kappa shape index (κ1) is 18.4. The molecule has 1 aliphatic heterocycles. The van der Waals surface area contributed by atoms with Gasteiger partial charge >= 0.3 is 0 Å². The molecule has 1 saturated heterocycles. The Morgan fingerprint density at radius 3 is 2.78 bits per heavy atom. The summed E-state index contributed by atoms with van der Waals surface area (Å²) in [5, 5.41) is 10.3. The number of likely N-dealkylation sites (tertiary alicyclic amines) is 1. The molecule has 138 valence electrons. The largest absolute Gasteiger partial charge is 0.397 e. The van der Waals surface area contributed by atoms with Crippen molar-refractivity contribution in [2.75, 3.05) is 19.3 Å². The molecule has 0 unspecified atom stereocenters. The number of pyridine rings is 1. The Morgan fingerprint density at radius 2 is 2.15 bits per heavy atom. The number of primary amides is 1. The van der Waals surface area contributed by atoms with Gasteiger partial charge in [-0.25, -0.2) is 9.37 Å². The summed E-state index contributed by atoms with van der Waals surface area (Å²) in [6.07, 6.45) is 0.213. The minimum absolute atomic E-state index is 0.1000. The van der Waals surface area contributed by atoms with Crippen LogP contribution >= 0.6 is 0 Å². The molecule has 0 radical (unpaired) electrons. The van der Waals surface area contributed by atoms with E-state index in [1.165, 1.54) is 11.0 Å². The second kappa shape index (κ2) is 6.70. The van der Waals surface area contributed by atoms with Crippen molar-refractivity contribution in [3.63, 3.8) is 0 Å². The van der Waals surface area contributed by atoms with Crippen molar-refractivity contribution in [2.45, 2.75) is 12.0 Å². The zero-order valence-corrected chi connectivity index (χ0v) is 14.5. The maximum absolute atomic E-state index is 14.3. The van der Waals surface area contributed by atoms with Crippen molar-refractivity contribution < 1.29 is 19.1 Å². The van der Waals surface area contributed by atoms with Gasteiger partial charge in [-0.1, -0.05) is 24.0 Å². The second-order valence-corrected chi connectivity index (χ2v) is 6.29. The number of halogens is 1. The third kappa shape index (κ3) is 3.45. The van der Waals surface area contributed by atoms with Crippen molar-refractivity contribution in [1.82, 2.24) is 9.88 Å². The minimum Gasteiger partial charge on any atom is -0.397 e. The van der Waals surface area contributed by atoms with E-state index < -0.39 is 23.2 Å². The Labute approximate surface area is 154 Å². The zero-order chi connectivity index (χ0) is 19.8. The lowest BCUT2D eigenvalue weighted by Crippen LogP contribution is -2.37. The average Bonchev–Trinajstić information content (AvgIpc) is 2.88. The number of hydrogen-bond donors (Lipinski definition) is 3. The van der Waals surface area contributed by atoms with Crippen LogP contribution in [0.15, 0.2) is 30.3 Å². The normalized spacial score (nSPS) is 18.9. The van der Waals surface area contributed by atoms with Crippen molar-refractivity contribution in [2.24, 2.45) is 5.73 Å². The number of nitrogen functional groups attached to an aromatic ring is 1. The van der Waals surface area contributed by atoms with Crippen LogP contribution in [0.3, 0.4) is 0 Å². The highest BCUT2D eigenvalue weighted by Crippen LogP contribution is 2.25. The van der Waals surface area contributed by atoms with Gasteiger partial charge in [0, 0.05) is 37.2 Å². The van der Waals surface area contributed by atoms with E-state index in [2.05, 4.69) is 16.8 Å². The standard InChI is InChI=1S/C19H17FN4O3/c1-24-8-7-19(27,18(24)26)6-5-11-3-2-4-12(9-11)15-13(20)10-14(21)16(23-15)17(22)25/h2-4,9-10,27H,7-8,21H2,1H3,(H2,22,25)/t19-/m0/s1. The van der Waals surface area contributed by atoms with Crippen LogP contribution in [0.2, 0.25) is 0 Å². The van der Waals surface area contributed by atoms with E-state index in [1.54, 1.807) is 25.2 Å². The Morgan fingerprint density at radius 1 is 1.41 bits per heavy atom. The molecule has 3 rings (SSSR count). The highest BCUT2D eigenvalue weighted by atomic mass is 19.1. The highest BCUT2D eigenvalue weighted by Gasteiger charge is 2.42. The summed E-state index contributed by atoms with van der Waals surface area (Å²) in [6.45, 7) is 0.417. The third-order valence-electron chi connectivity index (χ3n) is 4.30. The average molecular weight is 368 g/mol. The number of aromatic nitrogens is 1. The molecule has 0 spiro atoms. The van der Waals surface area contributed by atoms with Crippen molar-refractivity contribution in [3.8, 4) is 23.1 Å². The third-order valence-corrected chi connectivity index (χ3v) is 4.30. The predicted molar refractivity (Wildman–Crippen MR) is 96.6 cm³/mol. The van der Waals surface area contributed by atoms with E-state index in [9.17, 15) is 19.1 Å². The first-order valence-electron chi connectivity index (χ1n) is 8.08. The molecule has 0 aliphatic carbocycles. The Bertz CT molecular complexity index is 1010. The van der Waals surface area contributed by atoms with E-state index >= 15 is 0 Å². The summed E-state index contributed by atoms with van der Waals surface area (Å²) in [5.41, 5.74) is 9.37. The van der Waals surface area contributed by atoms with Crippen LogP contribution in [0.1, 0.15) is 22.5 Å². The molecular weight excluding hydrogens is 351 g/mol. The van der Waals surface area contributed by atoms with Crippen LogP contribution in [0.5, 0.6) is 0 Å². The first-order chi connectivity index (χ1) is 12.7. The Hall–Kier alpha value is -3.44. The fraction of sp³-hybridized carbons (Fsp3) is 0.211. The number of rotatable bonds is 2. The van der Waals surface area contributed by atoms with Crippen LogP contribution in [0.25, 0.3) is 11.3 Å². The van der Waals surface area contributed by atoms with E-state index in [4.69, 9.17) is 11.5 Å². The second-order valence-electron chi connectivity index (χ2n) is 6.29. The molecular formula is C19H17FN4O3. The van der Waals surface area contributed by atoms with Gasteiger partial charge in [0.05, 0.1) is 5.69 Å². The summed E-state index contributed by atoms with van der Waals surface area (Å²) < 4.78 is 14.3. The van der Waals surface area contributed by atoms with Gasteiger partial charge in [-0.2, -0.15) is 0 Å². The molecule has 1 aliphatic rings. The number of anilines is 1. The van der Waals surface area contributed by atoms with E-state index in [0.717, 1.165) is 6.07 Å². The number of carbonyl (C=O) groups excluding carboxylic acids is 2. The van der Waals surface area contributed by atoms with Gasteiger partial charge in [-0.3, -0.25) is 9.59 Å². The molecule has 2 heterocycles. The lowest BCUT2D eigenvalue weighted by atomic mass is 10.0. The zero-order valence-electron chi connectivity index (χ0n) is 14.5. The summed E-state index contributed by atoms with van der Waals surface area (Å²) >= 11 is 0. The molecule has 0 bridgehead atoms. The lowest BCUT2D eigenvalue weighted by molar-refractivity contribution is -0.137. The van der Waals surface area contributed by atoms with Gasteiger partial charge in [0.25, 0.3) is 11.8 Å². The lowest BCUT2D eigenvalue weighted by Gasteiger charge is -2.13. The number of nitrogens with zero attached hydrogens (tertiary/aromatic N) is 2. The molecule has 2 amide bonds.